The maximum atomic E-state index is 5.44. The van der Waals surface area contributed by atoms with E-state index in [-0.39, 0.29) is 0 Å². The van der Waals surface area contributed by atoms with Gasteiger partial charge in [-0.3, -0.25) is 4.90 Å². The standard InChI is InChI=1S/C23H32N2O3/c1-17-18(2)21(26-3)8-6-19(17)10-11-24-12-14-25(15-13-24)20-7-9-22(27-4)23(16-20)28-5/h6-9,16H,10-15H2,1-5H3. The van der Waals surface area contributed by atoms with Crippen molar-refractivity contribution in [1.82, 2.24) is 4.90 Å². The number of hydrogen-bond acceptors (Lipinski definition) is 5. The lowest BCUT2D eigenvalue weighted by Gasteiger charge is -2.36. The van der Waals surface area contributed by atoms with Crippen LogP contribution in [0.3, 0.4) is 0 Å². The largest absolute Gasteiger partial charge is 0.496 e. The molecule has 0 aromatic heterocycles. The summed E-state index contributed by atoms with van der Waals surface area (Å²) < 4.78 is 16.2. The number of benzene rings is 2. The van der Waals surface area contributed by atoms with Crippen LogP contribution in [0.25, 0.3) is 0 Å². The van der Waals surface area contributed by atoms with Crippen LogP contribution in [-0.2, 0) is 6.42 Å². The number of hydrogen-bond donors (Lipinski definition) is 0. The van der Waals surface area contributed by atoms with Gasteiger partial charge in [-0.05, 0) is 55.2 Å². The van der Waals surface area contributed by atoms with E-state index < -0.39 is 0 Å². The molecule has 1 aliphatic rings. The molecule has 1 heterocycles. The third-order valence-electron chi connectivity index (χ3n) is 5.87. The number of anilines is 1. The number of nitrogens with zero attached hydrogens (tertiary/aromatic N) is 2. The van der Waals surface area contributed by atoms with Crippen LogP contribution in [0.5, 0.6) is 17.2 Å². The monoisotopic (exact) mass is 384 g/mol. The van der Waals surface area contributed by atoms with Crippen LogP contribution in [0.15, 0.2) is 30.3 Å². The first-order chi connectivity index (χ1) is 13.6. The van der Waals surface area contributed by atoms with E-state index in [1.165, 1.54) is 22.4 Å². The van der Waals surface area contributed by atoms with Gasteiger partial charge in [0.25, 0.3) is 0 Å². The highest BCUT2D eigenvalue weighted by Crippen LogP contribution is 2.32. The Labute approximate surface area is 168 Å². The number of methoxy groups -OCH3 is 3. The van der Waals surface area contributed by atoms with E-state index in [0.717, 1.165) is 56.4 Å². The zero-order valence-corrected chi connectivity index (χ0v) is 17.7. The first kappa shape index (κ1) is 20.3. The van der Waals surface area contributed by atoms with Gasteiger partial charge >= 0.3 is 0 Å². The minimum Gasteiger partial charge on any atom is -0.496 e. The molecule has 152 valence electrons. The maximum absolute atomic E-state index is 5.44. The molecule has 0 bridgehead atoms. The number of piperazine rings is 1. The summed E-state index contributed by atoms with van der Waals surface area (Å²) in [6.07, 6.45) is 1.08. The molecule has 0 aliphatic carbocycles. The van der Waals surface area contributed by atoms with E-state index in [4.69, 9.17) is 14.2 Å². The van der Waals surface area contributed by atoms with E-state index in [1.807, 2.05) is 6.07 Å². The fraction of sp³-hybridized carbons (Fsp3) is 0.478. The highest BCUT2D eigenvalue weighted by atomic mass is 16.5. The van der Waals surface area contributed by atoms with Crippen molar-refractivity contribution in [2.24, 2.45) is 0 Å². The second kappa shape index (κ2) is 9.20. The van der Waals surface area contributed by atoms with Crippen LogP contribution in [0.2, 0.25) is 0 Å². The van der Waals surface area contributed by atoms with Gasteiger partial charge in [0.05, 0.1) is 21.3 Å². The molecule has 0 spiro atoms. The Morgan fingerprint density at radius 1 is 0.750 bits per heavy atom. The first-order valence-electron chi connectivity index (χ1n) is 9.89. The maximum Gasteiger partial charge on any atom is 0.162 e. The summed E-state index contributed by atoms with van der Waals surface area (Å²) in [5.41, 5.74) is 5.21. The molecule has 0 amide bonds. The predicted molar refractivity (Wildman–Crippen MR) is 114 cm³/mol. The molecule has 2 aromatic rings. The quantitative estimate of drug-likeness (QED) is 0.727. The Morgan fingerprint density at radius 3 is 2.04 bits per heavy atom. The summed E-state index contributed by atoms with van der Waals surface area (Å²) in [6, 6.07) is 10.5. The summed E-state index contributed by atoms with van der Waals surface area (Å²) >= 11 is 0. The van der Waals surface area contributed by atoms with Crippen molar-refractivity contribution >= 4 is 5.69 Å². The van der Waals surface area contributed by atoms with Crippen molar-refractivity contribution in [2.45, 2.75) is 20.3 Å². The minimum absolute atomic E-state index is 0.773. The van der Waals surface area contributed by atoms with Gasteiger partial charge in [0.15, 0.2) is 11.5 Å². The first-order valence-corrected chi connectivity index (χ1v) is 9.89. The van der Waals surface area contributed by atoms with E-state index in [9.17, 15) is 0 Å². The lowest BCUT2D eigenvalue weighted by Crippen LogP contribution is -2.47. The van der Waals surface area contributed by atoms with Gasteiger partial charge < -0.3 is 19.1 Å². The Hall–Kier alpha value is -2.40. The molecule has 0 saturated carbocycles. The molecule has 28 heavy (non-hydrogen) atoms. The van der Waals surface area contributed by atoms with Crippen molar-refractivity contribution in [3.8, 4) is 17.2 Å². The van der Waals surface area contributed by atoms with Crippen LogP contribution in [0.1, 0.15) is 16.7 Å². The number of ether oxygens (including phenoxy) is 3. The fourth-order valence-corrected chi connectivity index (χ4v) is 3.87. The molecule has 5 heteroatoms. The minimum atomic E-state index is 0.773. The van der Waals surface area contributed by atoms with Gasteiger partial charge in [-0.1, -0.05) is 6.07 Å². The van der Waals surface area contributed by atoms with Crippen LogP contribution < -0.4 is 19.1 Å². The van der Waals surface area contributed by atoms with Crippen molar-refractivity contribution in [3.05, 3.63) is 47.0 Å². The zero-order chi connectivity index (χ0) is 20.1. The van der Waals surface area contributed by atoms with Gasteiger partial charge in [-0.15, -0.1) is 0 Å². The second-order valence-corrected chi connectivity index (χ2v) is 7.29. The third-order valence-corrected chi connectivity index (χ3v) is 5.87. The molecule has 0 atom stereocenters. The lowest BCUT2D eigenvalue weighted by molar-refractivity contribution is 0.260. The predicted octanol–water partition coefficient (Wildman–Crippen LogP) is 3.69. The summed E-state index contributed by atoms with van der Waals surface area (Å²) in [4.78, 5) is 4.97. The van der Waals surface area contributed by atoms with Crippen LogP contribution in [0, 0.1) is 13.8 Å². The number of rotatable bonds is 7. The molecule has 1 fully saturated rings. The van der Waals surface area contributed by atoms with Crippen molar-refractivity contribution in [1.29, 1.82) is 0 Å². The van der Waals surface area contributed by atoms with E-state index in [0.29, 0.717) is 0 Å². The average Bonchev–Trinajstić information content (AvgIpc) is 2.74. The second-order valence-electron chi connectivity index (χ2n) is 7.29. The van der Waals surface area contributed by atoms with Gasteiger partial charge in [-0.25, -0.2) is 0 Å². The molecule has 0 unspecified atom stereocenters. The Balaban J connectivity index is 1.55. The van der Waals surface area contributed by atoms with Crippen molar-refractivity contribution in [3.63, 3.8) is 0 Å². The zero-order valence-electron chi connectivity index (χ0n) is 17.7. The molecular weight excluding hydrogens is 352 g/mol. The van der Waals surface area contributed by atoms with Crippen molar-refractivity contribution < 1.29 is 14.2 Å². The SMILES string of the molecule is COc1ccc(N2CCN(CCc3ccc(OC)c(C)c3C)CC2)cc1OC. The van der Waals surface area contributed by atoms with E-state index in [1.54, 1.807) is 21.3 Å². The molecule has 1 saturated heterocycles. The van der Waals surface area contributed by atoms with Crippen LogP contribution >= 0.6 is 0 Å². The van der Waals surface area contributed by atoms with Crippen LogP contribution in [-0.4, -0.2) is 59.0 Å². The highest BCUT2D eigenvalue weighted by molar-refractivity contribution is 5.56. The Morgan fingerprint density at radius 2 is 1.39 bits per heavy atom. The third kappa shape index (κ3) is 4.36. The molecule has 0 radical (unpaired) electrons. The molecular formula is C23H32N2O3. The summed E-state index contributed by atoms with van der Waals surface area (Å²) in [6.45, 7) is 9.62. The molecule has 1 aliphatic heterocycles. The van der Waals surface area contributed by atoms with Gasteiger partial charge in [0.2, 0.25) is 0 Å². The summed E-state index contributed by atoms with van der Waals surface area (Å²) in [7, 11) is 5.09. The topological polar surface area (TPSA) is 34.2 Å². The average molecular weight is 385 g/mol. The van der Waals surface area contributed by atoms with Gasteiger partial charge in [0.1, 0.15) is 5.75 Å². The molecule has 2 aromatic carbocycles. The smallest absolute Gasteiger partial charge is 0.162 e. The Kier molecular flexibility index (Phi) is 6.68. The fourth-order valence-electron chi connectivity index (χ4n) is 3.87. The lowest BCUT2D eigenvalue weighted by atomic mass is 9.99. The Bertz CT molecular complexity index is 799. The summed E-state index contributed by atoms with van der Waals surface area (Å²) in [5.74, 6) is 2.53. The normalized spacial score (nSPS) is 14.8. The summed E-state index contributed by atoms with van der Waals surface area (Å²) in [5, 5.41) is 0. The van der Waals surface area contributed by atoms with E-state index in [2.05, 4.69) is 47.9 Å². The molecule has 0 N–H and O–H groups in total. The van der Waals surface area contributed by atoms with Gasteiger partial charge in [-0.2, -0.15) is 0 Å². The molecule has 3 rings (SSSR count). The highest BCUT2D eigenvalue weighted by Gasteiger charge is 2.19. The van der Waals surface area contributed by atoms with Crippen molar-refractivity contribution in [2.75, 3.05) is 59.0 Å². The van der Waals surface area contributed by atoms with Crippen LogP contribution in [0.4, 0.5) is 5.69 Å². The van der Waals surface area contributed by atoms with Gasteiger partial charge in [0, 0.05) is 44.5 Å². The molecule has 5 nitrogen and oxygen atoms in total. The van der Waals surface area contributed by atoms with E-state index >= 15 is 0 Å².